The second kappa shape index (κ2) is 5.63. The molecule has 5 heteroatoms. The van der Waals surface area contributed by atoms with Gasteiger partial charge in [0.1, 0.15) is 0 Å². The third kappa shape index (κ3) is 3.81. The van der Waals surface area contributed by atoms with E-state index in [4.69, 9.17) is 10.2 Å². The van der Waals surface area contributed by atoms with Crippen LogP contribution in [0.15, 0.2) is 12.2 Å². The fourth-order valence-corrected chi connectivity index (χ4v) is 1.43. The van der Waals surface area contributed by atoms with Gasteiger partial charge in [0, 0.05) is 18.7 Å². The first-order valence-corrected chi connectivity index (χ1v) is 5.01. The van der Waals surface area contributed by atoms with Gasteiger partial charge in [-0.1, -0.05) is 6.42 Å². The predicted octanol–water partition coefficient (Wildman–Crippen LogP) is -0.218. The molecule has 0 atom stereocenters. The summed E-state index contributed by atoms with van der Waals surface area (Å²) >= 11 is 0. The van der Waals surface area contributed by atoms with Gasteiger partial charge >= 0.3 is 0 Å². The van der Waals surface area contributed by atoms with E-state index in [1.54, 1.807) is 0 Å². The Balaban J connectivity index is 2.10. The molecule has 1 rings (SSSR count). The summed E-state index contributed by atoms with van der Waals surface area (Å²) in [6.45, 7) is 0.409. The minimum absolute atomic E-state index is 0.262. The van der Waals surface area contributed by atoms with Gasteiger partial charge in [0.2, 0.25) is 0 Å². The number of rotatable bonds is 6. The second-order valence-corrected chi connectivity index (χ2v) is 3.49. The average molecular weight is 213 g/mol. The summed E-state index contributed by atoms with van der Waals surface area (Å²) in [5.74, 6) is -0.524. The first-order valence-electron chi connectivity index (χ1n) is 5.01. The maximum atomic E-state index is 11.1. The molecule has 0 aliphatic carbocycles. The van der Waals surface area contributed by atoms with Crippen LogP contribution < -0.4 is 0 Å². The molecule has 0 unspecified atom stereocenters. The molecule has 0 fully saturated rings. The van der Waals surface area contributed by atoms with Gasteiger partial charge in [-0.25, -0.2) is 0 Å². The molecule has 0 saturated heterocycles. The van der Waals surface area contributed by atoms with Gasteiger partial charge in [-0.3, -0.25) is 14.5 Å². The fourth-order valence-electron chi connectivity index (χ4n) is 1.43. The van der Waals surface area contributed by atoms with E-state index >= 15 is 0 Å². The summed E-state index contributed by atoms with van der Waals surface area (Å²) in [6, 6.07) is 0. The zero-order valence-corrected chi connectivity index (χ0v) is 8.43. The topological polar surface area (TPSA) is 77.8 Å². The highest BCUT2D eigenvalue weighted by molar-refractivity contribution is 6.12. The Morgan fingerprint density at radius 2 is 1.67 bits per heavy atom. The van der Waals surface area contributed by atoms with E-state index in [-0.39, 0.29) is 11.8 Å². The van der Waals surface area contributed by atoms with Crippen molar-refractivity contribution in [2.45, 2.75) is 32.0 Å². The summed E-state index contributed by atoms with van der Waals surface area (Å²) in [5, 5.41) is 17.1. The SMILES string of the molecule is O=C1C=CC(=O)N1CCCCCC(O)O. The first kappa shape index (κ1) is 11.9. The normalized spacial score (nSPS) is 15.8. The van der Waals surface area contributed by atoms with Gasteiger partial charge in [-0.15, -0.1) is 0 Å². The molecule has 0 saturated carbocycles. The molecule has 0 bridgehead atoms. The lowest BCUT2D eigenvalue weighted by atomic mass is 10.2. The lowest BCUT2D eigenvalue weighted by Crippen LogP contribution is -2.30. The highest BCUT2D eigenvalue weighted by Gasteiger charge is 2.21. The second-order valence-electron chi connectivity index (χ2n) is 3.49. The van der Waals surface area contributed by atoms with Crippen molar-refractivity contribution in [3.8, 4) is 0 Å². The van der Waals surface area contributed by atoms with Crippen molar-refractivity contribution < 1.29 is 19.8 Å². The molecule has 0 spiro atoms. The van der Waals surface area contributed by atoms with Crippen molar-refractivity contribution in [1.82, 2.24) is 4.90 Å². The molecular formula is C10H15NO4. The van der Waals surface area contributed by atoms with Crippen molar-refractivity contribution in [1.29, 1.82) is 0 Å². The highest BCUT2D eigenvalue weighted by atomic mass is 16.5. The summed E-state index contributed by atoms with van der Waals surface area (Å²) in [5.41, 5.74) is 0. The number of hydrogen-bond donors (Lipinski definition) is 2. The van der Waals surface area contributed by atoms with Crippen molar-refractivity contribution >= 4 is 11.8 Å². The van der Waals surface area contributed by atoms with Crippen LogP contribution in [0.4, 0.5) is 0 Å². The quantitative estimate of drug-likeness (QED) is 0.363. The zero-order chi connectivity index (χ0) is 11.3. The average Bonchev–Trinajstić information content (AvgIpc) is 2.47. The number of unbranched alkanes of at least 4 members (excludes halogenated alkanes) is 2. The molecule has 1 aliphatic heterocycles. The van der Waals surface area contributed by atoms with E-state index in [2.05, 4.69) is 0 Å². The summed E-state index contributed by atoms with van der Waals surface area (Å²) in [6.07, 6.45) is 3.75. The predicted molar refractivity (Wildman–Crippen MR) is 52.6 cm³/mol. The van der Waals surface area contributed by atoms with Crippen LogP contribution in [0.5, 0.6) is 0 Å². The van der Waals surface area contributed by atoms with E-state index in [1.165, 1.54) is 17.1 Å². The van der Waals surface area contributed by atoms with Crippen molar-refractivity contribution in [2.75, 3.05) is 6.54 Å². The summed E-state index contributed by atoms with van der Waals surface area (Å²) < 4.78 is 0. The van der Waals surface area contributed by atoms with Crippen LogP contribution in [0.2, 0.25) is 0 Å². The maximum Gasteiger partial charge on any atom is 0.253 e. The first-order chi connectivity index (χ1) is 7.11. The Morgan fingerprint density at radius 1 is 1.07 bits per heavy atom. The molecule has 84 valence electrons. The standard InChI is InChI=1S/C10H15NO4/c12-8-5-6-9(13)11(8)7-3-1-2-4-10(14)15/h5-6,10,14-15H,1-4,7H2. The molecule has 15 heavy (non-hydrogen) atoms. The fraction of sp³-hybridized carbons (Fsp3) is 0.600. The van der Waals surface area contributed by atoms with Crippen LogP contribution in [0.25, 0.3) is 0 Å². The molecule has 0 radical (unpaired) electrons. The van der Waals surface area contributed by atoms with Crippen LogP contribution >= 0.6 is 0 Å². The minimum atomic E-state index is -1.26. The Labute approximate surface area is 88.0 Å². The van der Waals surface area contributed by atoms with Crippen LogP contribution in [0.1, 0.15) is 25.7 Å². The molecule has 0 aromatic rings. The molecule has 5 nitrogen and oxygen atoms in total. The largest absolute Gasteiger partial charge is 0.368 e. The van der Waals surface area contributed by atoms with Crippen LogP contribution in [0, 0.1) is 0 Å². The molecule has 2 N–H and O–H groups in total. The zero-order valence-electron chi connectivity index (χ0n) is 8.43. The minimum Gasteiger partial charge on any atom is -0.368 e. The van der Waals surface area contributed by atoms with E-state index < -0.39 is 6.29 Å². The molecule has 2 amide bonds. The number of hydrogen-bond acceptors (Lipinski definition) is 4. The lowest BCUT2D eigenvalue weighted by molar-refractivity contribution is -0.136. The van der Waals surface area contributed by atoms with Crippen LogP contribution in [0.3, 0.4) is 0 Å². The van der Waals surface area contributed by atoms with E-state index in [9.17, 15) is 9.59 Å². The van der Waals surface area contributed by atoms with Crippen LogP contribution in [-0.2, 0) is 9.59 Å². The number of nitrogens with zero attached hydrogens (tertiary/aromatic N) is 1. The van der Waals surface area contributed by atoms with Gasteiger partial charge < -0.3 is 10.2 Å². The number of aliphatic hydroxyl groups is 2. The van der Waals surface area contributed by atoms with E-state index in [0.29, 0.717) is 25.8 Å². The van der Waals surface area contributed by atoms with Gasteiger partial charge in [0.25, 0.3) is 11.8 Å². The Bertz CT molecular complexity index is 255. The molecule has 1 heterocycles. The van der Waals surface area contributed by atoms with Crippen LogP contribution in [-0.4, -0.2) is 39.8 Å². The molecule has 0 aromatic carbocycles. The van der Waals surface area contributed by atoms with Gasteiger partial charge in [0.15, 0.2) is 6.29 Å². The smallest absolute Gasteiger partial charge is 0.253 e. The number of amides is 2. The van der Waals surface area contributed by atoms with Gasteiger partial charge in [0.05, 0.1) is 0 Å². The highest BCUT2D eigenvalue weighted by Crippen LogP contribution is 2.08. The number of carbonyl (C=O) groups excluding carboxylic acids is 2. The molecule has 1 aliphatic rings. The Hall–Kier alpha value is -1.20. The number of carbonyl (C=O) groups is 2. The molecular weight excluding hydrogens is 198 g/mol. The maximum absolute atomic E-state index is 11.1. The molecule has 0 aromatic heterocycles. The van der Waals surface area contributed by atoms with Gasteiger partial charge in [-0.05, 0) is 19.3 Å². The van der Waals surface area contributed by atoms with Crippen molar-refractivity contribution in [3.63, 3.8) is 0 Å². The number of imide groups is 1. The lowest BCUT2D eigenvalue weighted by Gasteiger charge is -2.13. The summed E-state index contributed by atoms with van der Waals surface area (Å²) in [7, 11) is 0. The van der Waals surface area contributed by atoms with Crippen molar-refractivity contribution in [3.05, 3.63) is 12.2 Å². The van der Waals surface area contributed by atoms with E-state index in [0.717, 1.165) is 6.42 Å². The monoisotopic (exact) mass is 213 g/mol. The van der Waals surface area contributed by atoms with E-state index in [1.807, 2.05) is 0 Å². The Kier molecular flexibility index (Phi) is 4.45. The van der Waals surface area contributed by atoms with Crippen molar-refractivity contribution in [2.24, 2.45) is 0 Å². The third-order valence-electron chi connectivity index (χ3n) is 2.24. The number of aliphatic hydroxyl groups excluding tert-OH is 1. The van der Waals surface area contributed by atoms with Gasteiger partial charge in [-0.2, -0.15) is 0 Å². The Morgan fingerprint density at radius 3 is 2.20 bits per heavy atom. The summed E-state index contributed by atoms with van der Waals surface area (Å²) in [4.78, 5) is 23.4. The third-order valence-corrected chi connectivity index (χ3v) is 2.24.